The third-order valence-electron chi connectivity index (χ3n) is 5.54. The van der Waals surface area contributed by atoms with E-state index in [1.807, 2.05) is 0 Å². The van der Waals surface area contributed by atoms with E-state index in [4.69, 9.17) is 23.2 Å². The summed E-state index contributed by atoms with van der Waals surface area (Å²) < 4.78 is 41.8. The first-order valence-corrected chi connectivity index (χ1v) is 11.8. The van der Waals surface area contributed by atoms with Gasteiger partial charge in [0.15, 0.2) is 0 Å². The standard InChI is InChI=1S/C25H16Cl2F3N7O/c26-19-9-17(10-20(27)11-19)21-12-22(16-2-1-3-18(8-16)25(28,29)30)37(34-21)13-14-4-6-15(7-5-14)23(38)31-24-32-35-36-33-24/h1-12H,13H2,(H2,31,32,33,35,36,38). The van der Waals surface area contributed by atoms with Crippen LogP contribution >= 0.6 is 23.2 Å². The Kier molecular flexibility index (Phi) is 6.87. The van der Waals surface area contributed by atoms with Crippen molar-refractivity contribution in [3.63, 3.8) is 0 Å². The van der Waals surface area contributed by atoms with Crippen LogP contribution in [-0.4, -0.2) is 36.3 Å². The van der Waals surface area contributed by atoms with E-state index in [9.17, 15) is 18.0 Å². The van der Waals surface area contributed by atoms with E-state index in [1.54, 1.807) is 59.3 Å². The zero-order valence-corrected chi connectivity index (χ0v) is 20.7. The van der Waals surface area contributed by atoms with Gasteiger partial charge in [0.1, 0.15) is 0 Å². The van der Waals surface area contributed by atoms with E-state index in [2.05, 4.69) is 31.0 Å². The summed E-state index contributed by atoms with van der Waals surface area (Å²) in [7, 11) is 0. The van der Waals surface area contributed by atoms with Crippen LogP contribution in [0.2, 0.25) is 10.0 Å². The highest BCUT2D eigenvalue weighted by Gasteiger charge is 2.30. The van der Waals surface area contributed by atoms with Gasteiger partial charge in [-0.1, -0.05) is 52.6 Å². The number of tetrazole rings is 1. The molecule has 0 saturated carbocycles. The lowest BCUT2D eigenvalue weighted by Gasteiger charge is -2.11. The molecule has 1 amide bonds. The molecule has 0 aliphatic carbocycles. The average molecular weight is 558 g/mol. The van der Waals surface area contributed by atoms with Gasteiger partial charge in [0, 0.05) is 26.7 Å². The number of aromatic amines is 1. The summed E-state index contributed by atoms with van der Waals surface area (Å²) in [4.78, 5) is 12.4. The van der Waals surface area contributed by atoms with Crippen molar-refractivity contribution in [2.45, 2.75) is 12.7 Å². The Labute approximate surface area is 223 Å². The summed E-state index contributed by atoms with van der Waals surface area (Å²) in [5.74, 6) is -0.392. The number of aromatic nitrogens is 6. The van der Waals surface area contributed by atoms with Gasteiger partial charge in [-0.2, -0.15) is 23.5 Å². The first kappa shape index (κ1) is 25.4. The number of rotatable bonds is 6. The number of hydrogen-bond acceptors (Lipinski definition) is 5. The molecule has 0 radical (unpaired) electrons. The summed E-state index contributed by atoms with van der Waals surface area (Å²) in [6.45, 7) is 0.215. The predicted octanol–water partition coefficient (Wildman–Crippen LogP) is 6.36. The lowest BCUT2D eigenvalue weighted by Crippen LogP contribution is -2.13. The molecule has 0 aliphatic rings. The van der Waals surface area contributed by atoms with Gasteiger partial charge >= 0.3 is 6.18 Å². The zero-order chi connectivity index (χ0) is 26.9. The first-order valence-electron chi connectivity index (χ1n) is 11.0. The van der Waals surface area contributed by atoms with Crippen LogP contribution < -0.4 is 5.32 Å². The lowest BCUT2D eigenvalue weighted by atomic mass is 10.1. The number of carbonyl (C=O) groups excluding carboxylic acids is 1. The van der Waals surface area contributed by atoms with Crippen LogP contribution in [0.25, 0.3) is 22.5 Å². The summed E-state index contributed by atoms with van der Waals surface area (Å²) >= 11 is 12.3. The van der Waals surface area contributed by atoms with E-state index >= 15 is 0 Å². The Morgan fingerprint density at radius 1 is 0.947 bits per heavy atom. The van der Waals surface area contributed by atoms with Gasteiger partial charge < -0.3 is 0 Å². The van der Waals surface area contributed by atoms with Crippen LogP contribution in [0.5, 0.6) is 0 Å². The predicted molar refractivity (Wildman–Crippen MR) is 136 cm³/mol. The van der Waals surface area contributed by atoms with Gasteiger partial charge in [0.25, 0.3) is 11.9 Å². The summed E-state index contributed by atoms with van der Waals surface area (Å²) in [6.07, 6.45) is -4.50. The second-order valence-corrected chi connectivity index (χ2v) is 9.07. The molecule has 5 rings (SSSR count). The minimum absolute atomic E-state index is 0.0370. The quantitative estimate of drug-likeness (QED) is 0.253. The Morgan fingerprint density at radius 3 is 2.34 bits per heavy atom. The second kappa shape index (κ2) is 10.3. The molecule has 0 bridgehead atoms. The van der Waals surface area contributed by atoms with Crippen LogP contribution in [-0.2, 0) is 12.7 Å². The number of nitrogens with zero attached hydrogens (tertiary/aromatic N) is 5. The fourth-order valence-corrected chi connectivity index (χ4v) is 4.32. The van der Waals surface area contributed by atoms with Gasteiger partial charge in [-0.3, -0.25) is 14.8 Å². The molecule has 8 nitrogen and oxygen atoms in total. The minimum atomic E-state index is -4.50. The maximum absolute atomic E-state index is 13.4. The van der Waals surface area contributed by atoms with Crippen LogP contribution in [0.3, 0.4) is 0 Å². The van der Waals surface area contributed by atoms with Gasteiger partial charge in [-0.05, 0) is 59.3 Å². The molecule has 2 N–H and O–H groups in total. The van der Waals surface area contributed by atoms with Gasteiger partial charge in [-0.15, -0.1) is 5.10 Å². The summed E-state index contributed by atoms with van der Waals surface area (Å²) in [6, 6.07) is 18.3. The highest BCUT2D eigenvalue weighted by atomic mass is 35.5. The highest BCUT2D eigenvalue weighted by molar-refractivity contribution is 6.35. The number of alkyl halides is 3. The Bertz CT molecular complexity index is 1580. The molecule has 3 aromatic carbocycles. The van der Waals surface area contributed by atoms with Crippen molar-refractivity contribution in [1.29, 1.82) is 0 Å². The number of halogens is 5. The van der Waals surface area contributed by atoms with Crippen LogP contribution in [0.15, 0.2) is 72.8 Å². The molecule has 192 valence electrons. The second-order valence-electron chi connectivity index (χ2n) is 8.20. The zero-order valence-electron chi connectivity index (χ0n) is 19.2. The Balaban J connectivity index is 1.49. The summed E-state index contributed by atoms with van der Waals surface area (Å²) in [5, 5.41) is 20.9. The SMILES string of the molecule is O=C(Nc1nn[nH]n1)c1ccc(Cn2nc(-c3cc(Cl)cc(Cl)c3)cc2-c2cccc(C(F)(F)F)c2)cc1. The van der Waals surface area contributed by atoms with Gasteiger partial charge in [0.05, 0.1) is 23.5 Å². The largest absolute Gasteiger partial charge is 0.416 e. The molecule has 0 fully saturated rings. The number of carbonyl (C=O) groups is 1. The van der Waals surface area contributed by atoms with E-state index in [0.717, 1.165) is 17.7 Å². The highest BCUT2D eigenvalue weighted by Crippen LogP contribution is 2.34. The molecule has 13 heteroatoms. The normalized spacial score (nSPS) is 11.5. The van der Waals surface area contributed by atoms with Crippen LogP contribution in [0.4, 0.5) is 19.1 Å². The molecule has 0 atom stereocenters. The molecule has 0 spiro atoms. The molecule has 2 heterocycles. The maximum Gasteiger partial charge on any atom is 0.416 e. The number of amides is 1. The van der Waals surface area contributed by atoms with Crippen molar-refractivity contribution in [3.05, 3.63) is 99.5 Å². The summed E-state index contributed by atoms with van der Waals surface area (Å²) in [5.41, 5.74) is 2.23. The third-order valence-corrected chi connectivity index (χ3v) is 5.98. The molecule has 5 aromatic rings. The average Bonchev–Trinajstić information content (AvgIpc) is 3.54. The topological polar surface area (TPSA) is 101 Å². The third kappa shape index (κ3) is 5.68. The first-order chi connectivity index (χ1) is 18.2. The molecule has 2 aromatic heterocycles. The van der Waals surface area contributed by atoms with Crippen molar-refractivity contribution < 1.29 is 18.0 Å². The fourth-order valence-electron chi connectivity index (χ4n) is 3.79. The Morgan fingerprint density at radius 2 is 1.68 bits per heavy atom. The smallest absolute Gasteiger partial charge is 0.288 e. The van der Waals surface area contributed by atoms with E-state index in [0.29, 0.717) is 38.1 Å². The van der Waals surface area contributed by atoms with Crippen LogP contribution in [0.1, 0.15) is 21.5 Å². The van der Waals surface area contributed by atoms with Crippen molar-refractivity contribution in [2.24, 2.45) is 0 Å². The van der Waals surface area contributed by atoms with Crippen molar-refractivity contribution in [1.82, 2.24) is 30.4 Å². The molecular formula is C25H16Cl2F3N7O. The van der Waals surface area contributed by atoms with E-state index in [-0.39, 0.29) is 12.5 Å². The minimum Gasteiger partial charge on any atom is -0.288 e. The van der Waals surface area contributed by atoms with Gasteiger partial charge in [-0.25, -0.2) is 0 Å². The van der Waals surface area contributed by atoms with E-state index in [1.165, 1.54) is 6.07 Å². The van der Waals surface area contributed by atoms with Crippen molar-refractivity contribution in [2.75, 3.05) is 5.32 Å². The van der Waals surface area contributed by atoms with Crippen molar-refractivity contribution >= 4 is 35.1 Å². The number of benzene rings is 3. The Hall–Kier alpha value is -4.22. The monoisotopic (exact) mass is 557 g/mol. The number of anilines is 1. The number of nitrogens with one attached hydrogen (secondary N) is 2. The molecular weight excluding hydrogens is 542 g/mol. The fraction of sp³-hybridized carbons (Fsp3) is 0.0800. The number of H-pyrrole nitrogens is 1. The molecule has 0 aliphatic heterocycles. The van der Waals surface area contributed by atoms with Crippen molar-refractivity contribution in [3.8, 4) is 22.5 Å². The lowest BCUT2D eigenvalue weighted by molar-refractivity contribution is -0.137. The molecule has 38 heavy (non-hydrogen) atoms. The van der Waals surface area contributed by atoms with Gasteiger partial charge in [0.2, 0.25) is 0 Å². The van der Waals surface area contributed by atoms with E-state index < -0.39 is 17.6 Å². The maximum atomic E-state index is 13.4. The molecule has 0 unspecified atom stereocenters. The molecule has 0 saturated heterocycles. The number of hydrogen-bond donors (Lipinski definition) is 2. The van der Waals surface area contributed by atoms with Crippen LogP contribution in [0, 0.1) is 0 Å².